The smallest absolute Gasteiger partial charge is 0.220 e. The Morgan fingerprint density at radius 2 is 1.26 bits per heavy atom. The Kier molecular flexibility index (Phi) is 25.1. The van der Waals surface area contributed by atoms with Crippen molar-refractivity contribution in [3.8, 4) is 0 Å². The highest BCUT2D eigenvalue weighted by atomic mass is 16.3. The van der Waals surface area contributed by atoms with Crippen molar-refractivity contribution in [1.29, 1.82) is 0 Å². The van der Waals surface area contributed by atoms with Gasteiger partial charge in [-0.2, -0.15) is 0 Å². The third kappa shape index (κ3) is 22.4. The second-order valence-corrected chi connectivity index (χ2v) is 9.46. The van der Waals surface area contributed by atoms with E-state index in [1.807, 2.05) is 6.08 Å². The molecule has 4 nitrogen and oxygen atoms in total. The lowest BCUT2D eigenvalue weighted by Gasteiger charge is -2.19. The summed E-state index contributed by atoms with van der Waals surface area (Å²) in [7, 11) is 0. The fourth-order valence-electron chi connectivity index (χ4n) is 3.86. The molecule has 1 amide bonds. The first kappa shape index (κ1) is 32.6. The lowest BCUT2D eigenvalue weighted by molar-refractivity contribution is -0.123. The number of unbranched alkanes of at least 4 members (excludes halogenated alkanes) is 13. The Labute approximate surface area is 211 Å². The summed E-state index contributed by atoms with van der Waals surface area (Å²) in [5.41, 5.74) is 0. The number of hydrogen-bond acceptors (Lipinski definition) is 3. The van der Waals surface area contributed by atoms with Crippen LogP contribution >= 0.6 is 0 Å². The summed E-state index contributed by atoms with van der Waals surface area (Å²) in [6, 6.07) is -0.617. The number of hydrogen-bond donors (Lipinski definition) is 3. The molecule has 0 aliphatic heterocycles. The average molecular weight is 478 g/mol. The molecule has 0 aliphatic rings. The SMILES string of the molecule is CCC/C=C/C(O)C(CO)NC(=O)CCCCCCCCCCC/C=C\C/C=C\CCCCC. The van der Waals surface area contributed by atoms with E-state index < -0.39 is 12.1 Å². The molecular weight excluding hydrogens is 422 g/mol. The first-order valence-electron chi connectivity index (χ1n) is 14.2. The molecule has 0 bridgehead atoms. The predicted octanol–water partition coefficient (Wildman–Crippen LogP) is 7.55. The van der Waals surface area contributed by atoms with Crippen LogP contribution in [-0.2, 0) is 4.79 Å². The largest absolute Gasteiger partial charge is 0.394 e. The van der Waals surface area contributed by atoms with Gasteiger partial charge in [-0.1, -0.05) is 115 Å². The van der Waals surface area contributed by atoms with E-state index in [2.05, 4.69) is 43.5 Å². The number of amides is 1. The predicted molar refractivity (Wildman–Crippen MR) is 147 cm³/mol. The van der Waals surface area contributed by atoms with Gasteiger partial charge in [-0.15, -0.1) is 0 Å². The highest BCUT2D eigenvalue weighted by Crippen LogP contribution is 2.12. The van der Waals surface area contributed by atoms with Gasteiger partial charge in [0.15, 0.2) is 0 Å². The van der Waals surface area contributed by atoms with E-state index in [1.54, 1.807) is 6.08 Å². The minimum Gasteiger partial charge on any atom is -0.394 e. The van der Waals surface area contributed by atoms with Crippen molar-refractivity contribution >= 4 is 5.91 Å². The van der Waals surface area contributed by atoms with Crippen LogP contribution in [0.25, 0.3) is 0 Å². The first-order valence-corrected chi connectivity index (χ1v) is 14.2. The molecule has 0 aromatic heterocycles. The van der Waals surface area contributed by atoms with Gasteiger partial charge in [0.1, 0.15) is 0 Å². The zero-order chi connectivity index (χ0) is 25.1. The van der Waals surface area contributed by atoms with E-state index in [0.717, 1.165) is 32.1 Å². The van der Waals surface area contributed by atoms with Crippen molar-refractivity contribution in [2.75, 3.05) is 6.61 Å². The second kappa shape index (κ2) is 26.2. The molecule has 0 radical (unpaired) electrons. The van der Waals surface area contributed by atoms with Gasteiger partial charge < -0.3 is 15.5 Å². The average Bonchev–Trinajstić information content (AvgIpc) is 2.84. The summed E-state index contributed by atoms with van der Waals surface area (Å²) in [4.78, 5) is 12.1. The molecule has 3 N–H and O–H groups in total. The van der Waals surface area contributed by atoms with Gasteiger partial charge in [0.2, 0.25) is 5.91 Å². The summed E-state index contributed by atoms with van der Waals surface area (Å²) >= 11 is 0. The van der Waals surface area contributed by atoms with E-state index in [1.165, 1.54) is 77.0 Å². The third-order valence-electron chi connectivity index (χ3n) is 6.10. The molecule has 4 heteroatoms. The Morgan fingerprint density at radius 1 is 0.706 bits per heavy atom. The van der Waals surface area contributed by atoms with Crippen molar-refractivity contribution in [2.45, 2.75) is 142 Å². The van der Waals surface area contributed by atoms with E-state index >= 15 is 0 Å². The van der Waals surface area contributed by atoms with Gasteiger partial charge >= 0.3 is 0 Å². The fraction of sp³-hybridized carbons (Fsp3) is 0.767. The maximum absolute atomic E-state index is 12.1. The van der Waals surface area contributed by atoms with Crippen LogP contribution < -0.4 is 5.32 Å². The number of rotatable bonds is 24. The van der Waals surface area contributed by atoms with Crippen molar-refractivity contribution in [3.63, 3.8) is 0 Å². The number of nitrogens with one attached hydrogen (secondary N) is 1. The number of aliphatic hydroxyl groups is 2. The zero-order valence-electron chi connectivity index (χ0n) is 22.4. The van der Waals surface area contributed by atoms with Crippen LogP contribution in [0.4, 0.5) is 0 Å². The summed E-state index contributed by atoms with van der Waals surface area (Å²) < 4.78 is 0. The van der Waals surface area contributed by atoms with Crippen LogP contribution in [0, 0.1) is 0 Å². The lowest BCUT2D eigenvalue weighted by Crippen LogP contribution is -2.45. The van der Waals surface area contributed by atoms with Crippen molar-refractivity contribution in [3.05, 3.63) is 36.5 Å². The Balaban J connectivity index is 3.51. The molecule has 2 unspecified atom stereocenters. The molecule has 0 aromatic rings. The highest BCUT2D eigenvalue weighted by molar-refractivity contribution is 5.76. The molecule has 2 atom stereocenters. The maximum atomic E-state index is 12.1. The molecule has 0 heterocycles. The van der Waals surface area contributed by atoms with Gasteiger partial charge in [0.25, 0.3) is 0 Å². The van der Waals surface area contributed by atoms with Crippen LogP contribution in [0.1, 0.15) is 129 Å². The van der Waals surface area contributed by atoms with E-state index in [-0.39, 0.29) is 12.5 Å². The normalized spacial score (nSPS) is 13.9. The third-order valence-corrected chi connectivity index (χ3v) is 6.10. The van der Waals surface area contributed by atoms with E-state index in [0.29, 0.717) is 6.42 Å². The second-order valence-electron chi connectivity index (χ2n) is 9.46. The molecule has 34 heavy (non-hydrogen) atoms. The molecule has 0 spiro atoms. The Hall–Kier alpha value is -1.39. The Morgan fingerprint density at radius 3 is 1.82 bits per heavy atom. The molecule has 0 aliphatic carbocycles. The molecule has 198 valence electrons. The van der Waals surface area contributed by atoms with E-state index in [4.69, 9.17) is 0 Å². The topological polar surface area (TPSA) is 69.6 Å². The zero-order valence-corrected chi connectivity index (χ0v) is 22.4. The van der Waals surface area contributed by atoms with Gasteiger partial charge in [-0.05, 0) is 44.9 Å². The molecule has 0 fully saturated rings. The summed E-state index contributed by atoms with van der Waals surface area (Å²) in [5, 5.41) is 22.2. The van der Waals surface area contributed by atoms with Gasteiger partial charge in [-0.3, -0.25) is 4.79 Å². The standard InChI is InChI=1S/C30H55NO3/c1-3-5-7-8-9-10-11-12-13-14-15-16-17-18-19-20-21-22-24-26-30(34)31-28(27-32)29(33)25-23-6-4-2/h9-10,12-13,23,25,28-29,32-33H,3-8,11,14-22,24,26-27H2,1-2H3,(H,31,34)/b10-9-,13-12-,25-23+. The summed E-state index contributed by atoms with van der Waals surface area (Å²) in [6.07, 6.45) is 32.7. The van der Waals surface area contributed by atoms with Crippen LogP contribution in [0.5, 0.6) is 0 Å². The van der Waals surface area contributed by atoms with Crippen LogP contribution in [0.3, 0.4) is 0 Å². The molecule has 0 saturated carbocycles. The quantitative estimate of drug-likeness (QED) is 0.0992. The summed E-state index contributed by atoms with van der Waals surface area (Å²) in [6.45, 7) is 4.06. The first-order chi connectivity index (χ1) is 16.7. The molecule has 0 rings (SSSR count). The number of carbonyl (C=O) groups is 1. The minimum atomic E-state index is -0.834. The number of allylic oxidation sites excluding steroid dienone is 5. The van der Waals surface area contributed by atoms with Crippen LogP contribution in [0.15, 0.2) is 36.5 Å². The molecule has 0 saturated heterocycles. The Bertz CT molecular complexity index is 527. The molecular formula is C30H55NO3. The van der Waals surface area contributed by atoms with Gasteiger partial charge in [0, 0.05) is 6.42 Å². The monoisotopic (exact) mass is 477 g/mol. The van der Waals surface area contributed by atoms with Crippen LogP contribution in [-0.4, -0.2) is 34.9 Å². The van der Waals surface area contributed by atoms with E-state index in [9.17, 15) is 15.0 Å². The van der Waals surface area contributed by atoms with Crippen LogP contribution in [0.2, 0.25) is 0 Å². The molecule has 0 aromatic carbocycles. The fourth-order valence-corrected chi connectivity index (χ4v) is 3.86. The van der Waals surface area contributed by atoms with Crippen molar-refractivity contribution in [2.24, 2.45) is 0 Å². The number of aliphatic hydroxyl groups excluding tert-OH is 2. The maximum Gasteiger partial charge on any atom is 0.220 e. The van der Waals surface area contributed by atoms with Crippen molar-refractivity contribution in [1.82, 2.24) is 5.32 Å². The highest BCUT2D eigenvalue weighted by Gasteiger charge is 2.17. The van der Waals surface area contributed by atoms with Gasteiger partial charge in [-0.25, -0.2) is 0 Å². The minimum absolute atomic E-state index is 0.0842. The summed E-state index contributed by atoms with van der Waals surface area (Å²) in [5.74, 6) is -0.0842. The lowest BCUT2D eigenvalue weighted by atomic mass is 10.1. The number of carbonyl (C=O) groups excluding carboxylic acids is 1. The van der Waals surface area contributed by atoms with Crippen molar-refractivity contribution < 1.29 is 15.0 Å². The van der Waals surface area contributed by atoms with Gasteiger partial charge in [0.05, 0.1) is 18.8 Å².